The molecule has 1 fully saturated rings. The molecule has 2 heterocycles. The van der Waals surface area contributed by atoms with Gasteiger partial charge in [0.25, 0.3) is 0 Å². The highest BCUT2D eigenvalue weighted by atomic mass is 32.2. The third-order valence-corrected chi connectivity index (χ3v) is 4.24. The quantitative estimate of drug-likeness (QED) is 0.839. The van der Waals surface area contributed by atoms with Crippen LogP contribution in [0.4, 0.5) is 0 Å². The Balaban J connectivity index is 2.17. The molecule has 0 saturated carbocycles. The Kier molecular flexibility index (Phi) is 3.01. The molecule has 1 unspecified atom stereocenters. The van der Waals surface area contributed by atoms with Crippen molar-refractivity contribution in [2.24, 2.45) is 0 Å². The maximum absolute atomic E-state index is 11.2. The molecule has 1 saturated heterocycles. The van der Waals surface area contributed by atoms with E-state index in [2.05, 4.69) is 4.98 Å². The Bertz CT molecular complexity index is 539. The van der Waals surface area contributed by atoms with Gasteiger partial charge in [-0.15, -0.1) is 0 Å². The van der Waals surface area contributed by atoms with Gasteiger partial charge in [-0.2, -0.15) is 0 Å². The zero-order chi connectivity index (χ0) is 12.5. The lowest BCUT2D eigenvalue weighted by atomic mass is 10.2. The van der Waals surface area contributed by atoms with Crippen LogP contribution >= 0.6 is 0 Å². The molecule has 2 rings (SSSR count). The van der Waals surface area contributed by atoms with Crippen molar-refractivity contribution < 1.29 is 23.1 Å². The number of rotatable bonds is 3. The number of carbonyl (C=O) groups is 1. The zero-order valence-electron chi connectivity index (χ0n) is 8.87. The molecule has 1 N–H and O–H groups in total. The Morgan fingerprint density at radius 1 is 1.53 bits per heavy atom. The Hall–Kier alpha value is -1.63. The van der Waals surface area contributed by atoms with Gasteiger partial charge in [-0.3, -0.25) is 4.98 Å². The van der Waals surface area contributed by atoms with Gasteiger partial charge in [-0.05, 0) is 12.5 Å². The van der Waals surface area contributed by atoms with E-state index in [-0.39, 0.29) is 22.8 Å². The number of aromatic carboxylic acids is 1. The molecule has 0 bridgehead atoms. The van der Waals surface area contributed by atoms with E-state index < -0.39 is 21.9 Å². The summed E-state index contributed by atoms with van der Waals surface area (Å²) in [6.45, 7) is 0. The Labute approximate surface area is 98.2 Å². The van der Waals surface area contributed by atoms with Gasteiger partial charge < -0.3 is 9.84 Å². The molecule has 0 aromatic carbocycles. The SMILES string of the molecule is O=C(O)c1ccncc1OC1CCS(=O)(=O)C1. The van der Waals surface area contributed by atoms with Crippen LogP contribution in [0.5, 0.6) is 5.75 Å². The van der Waals surface area contributed by atoms with Gasteiger partial charge in [0.1, 0.15) is 11.7 Å². The monoisotopic (exact) mass is 257 g/mol. The maximum atomic E-state index is 11.2. The van der Waals surface area contributed by atoms with Gasteiger partial charge in [0, 0.05) is 6.20 Å². The van der Waals surface area contributed by atoms with Crippen LogP contribution in [0.3, 0.4) is 0 Å². The first-order chi connectivity index (χ1) is 7.98. The van der Waals surface area contributed by atoms with Crippen LogP contribution in [0.2, 0.25) is 0 Å². The average molecular weight is 257 g/mol. The minimum absolute atomic E-state index is 0.00991. The van der Waals surface area contributed by atoms with Gasteiger partial charge in [-0.1, -0.05) is 0 Å². The molecule has 0 spiro atoms. The smallest absolute Gasteiger partial charge is 0.339 e. The molecule has 1 aromatic rings. The van der Waals surface area contributed by atoms with Crippen LogP contribution < -0.4 is 4.74 Å². The van der Waals surface area contributed by atoms with Crippen molar-refractivity contribution in [3.63, 3.8) is 0 Å². The first kappa shape index (κ1) is 11.8. The van der Waals surface area contributed by atoms with Gasteiger partial charge in [0.2, 0.25) is 0 Å². The highest BCUT2D eigenvalue weighted by molar-refractivity contribution is 7.91. The zero-order valence-corrected chi connectivity index (χ0v) is 9.68. The lowest BCUT2D eigenvalue weighted by molar-refractivity contribution is 0.0690. The fraction of sp³-hybridized carbons (Fsp3) is 0.400. The summed E-state index contributed by atoms with van der Waals surface area (Å²) < 4.78 is 27.9. The van der Waals surface area contributed by atoms with Crippen molar-refractivity contribution in [3.05, 3.63) is 24.0 Å². The molecule has 1 aliphatic heterocycles. The first-order valence-corrected chi connectivity index (χ1v) is 6.84. The highest BCUT2D eigenvalue weighted by Gasteiger charge is 2.30. The predicted octanol–water partition coefficient (Wildman–Crippen LogP) is 0.346. The molecule has 0 amide bonds. The van der Waals surface area contributed by atoms with Crippen molar-refractivity contribution in [1.82, 2.24) is 4.98 Å². The molecule has 17 heavy (non-hydrogen) atoms. The van der Waals surface area contributed by atoms with Crippen molar-refractivity contribution in [2.75, 3.05) is 11.5 Å². The van der Waals surface area contributed by atoms with Gasteiger partial charge >= 0.3 is 5.97 Å². The predicted molar refractivity (Wildman–Crippen MR) is 58.9 cm³/mol. The largest absolute Gasteiger partial charge is 0.487 e. The van der Waals surface area contributed by atoms with E-state index in [1.54, 1.807) is 0 Å². The second-order valence-electron chi connectivity index (χ2n) is 3.82. The Morgan fingerprint density at radius 3 is 2.88 bits per heavy atom. The summed E-state index contributed by atoms with van der Waals surface area (Å²) in [5.74, 6) is -0.994. The van der Waals surface area contributed by atoms with Crippen LogP contribution in [0.15, 0.2) is 18.5 Å². The molecule has 0 aliphatic carbocycles. The summed E-state index contributed by atoms with van der Waals surface area (Å²) >= 11 is 0. The van der Waals surface area contributed by atoms with E-state index in [0.29, 0.717) is 6.42 Å². The second kappa shape index (κ2) is 4.33. The average Bonchev–Trinajstić information content (AvgIpc) is 2.58. The summed E-state index contributed by atoms with van der Waals surface area (Å²) in [5, 5.41) is 8.92. The number of pyridine rings is 1. The molecule has 0 radical (unpaired) electrons. The number of carboxylic acids is 1. The summed E-state index contributed by atoms with van der Waals surface area (Å²) in [4.78, 5) is 14.7. The highest BCUT2D eigenvalue weighted by Crippen LogP contribution is 2.22. The number of hydrogen-bond donors (Lipinski definition) is 1. The minimum Gasteiger partial charge on any atom is -0.487 e. The lowest BCUT2D eigenvalue weighted by Gasteiger charge is -2.13. The normalized spacial score (nSPS) is 22.2. The van der Waals surface area contributed by atoms with Crippen molar-refractivity contribution in [3.8, 4) is 5.75 Å². The summed E-state index contributed by atoms with van der Waals surface area (Å²) in [6.07, 6.45) is 2.54. The third kappa shape index (κ3) is 2.73. The van der Waals surface area contributed by atoms with Crippen LogP contribution in [0, 0.1) is 0 Å². The fourth-order valence-electron chi connectivity index (χ4n) is 1.68. The molecular formula is C10H11NO5S. The number of carboxylic acid groups (broad SMARTS) is 1. The van der Waals surface area contributed by atoms with E-state index in [9.17, 15) is 13.2 Å². The van der Waals surface area contributed by atoms with Crippen LogP contribution in [0.25, 0.3) is 0 Å². The van der Waals surface area contributed by atoms with E-state index in [4.69, 9.17) is 9.84 Å². The van der Waals surface area contributed by atoms with Crippen LogP contribution in [-0.2, 0) is 9.84 Å². The van der Waals surface area contributed by atoms with E-state index in [0.717, 1.165) is 0 Å². The second-order valence-corrected chi connectivity index (χ2v) is 6.05. The standard InChI is InChI=1S/C10H11NO5S/c12-10(13)8-1-3-11-5-9(8)16-7-2-4-17(14,15)6-7/h1,3,5,7H,2,4,6H2,(H,12,13). The minimum atomic E-state index is -3.04. The Morgan fingerprint density at radius 2 is 2.29 bits per heavy atom. The number of sulfone groups is 1. The van der Waals surface area contributed by atoms with Crippen molar-refractivity contribution in [1.29, 1.82) is 0 Å². The van der Waals surface area contributed by atoms with Crippen molar-refractivity contribution in [2.45, 2.75) is 12.5 Å². The summed E-state index contributed by atoms with van der Waals surface area (Å²) in [7, 11) is -3.04. The van der Waals surface area contributed by atoms with E-state index >= 15 is 0 Å². The third-order valence-electron chi connectivity index (χ3n) is 2.50. The van der Waals surface area contributed by atoms with Crippen molar-refractivity contribution >= 4 is 15.8 Å². The first-order valence-electron chi connectivity index (χ1n) is 5.02. The van der Waals surface area contributed by atoms with Crippen LogP contribution in [0.1, 0.15) is 16.8 Å². The lowest BCUT2D eigenvalue weighted by Crippen LogP contribution is -2.19. The molecule has 1 atom stereocenters. The number of aromatic nitrogens is 1. The molecule has 6 nitrogen and oxygen atoms in total. The number of ether oxygens (including phenoxy) is 1. The topological polar surface area (TPSA) is 93.6 Å². The van der Waals surface area contributed by atoms with Gasteiger partial charge in [0.05, 0.1) is 17.7 Å². The van der Waals surface area contributed by atoms with Gasteiger partial charge in [0.15, 0.2) is 15.6 Å². The molecule has 92 valence electrons. The van der Waals surface area contributed by atoms with E-state index in [1.807, 2.05) is 0 Å². The van der Waals surface area contributed by atoms with E-state index in [1.165, 1.54) is 18.5 Å². The van der Waals surface area contributed by atoms with Gasteiger partial charge in [-0.25, -0.2) is 13.2 Å². The summed E-state index contributed by atoms with van der Waals surface area (Å²) in [6, 6.07) is 1.32. The van der Waals surface area contributed by atoms with Crippen LogP contribution in [-0.4, -0.2) is 42.1 Å². The maximum Gasteiger partial charge on any atom is 0.339 e. The molecular weight excluding hydrogens is 246 g/mol. The molecule has 1 aliphatic rings. The molecule has 1 aromatic heterocycles. The summed E-state index contributed by atoms with van der Waals surface area (Å²) in [5.41, 5.74) is -0.00991. The number of hydrogen-bond acceptors (Lipinski definition) is 5. The fourth-order valence-corrected chi connectivity index (χ4v) is 3.27. The number of nitrogens with zero attached hydrogens (tertiary/aromatic N) is 1. The molecule has 7 heteroatoms.